The number of alkyl carbamates (subject to hydrolysis) is 1. The number of unbranched alkanes of at least 4 members (excludes halogenated alkanes) is 5. The molecule has 0 spiro atoms. The van der Waals surface area contributed by atoms with Crippen molar-refractivity contribution in [3.63, 3.8) is 0 Å². The van der Waals surface area contributed by atoms with E-state index in [4.69, 9.17) is 4.74 Å². The molecule has 0 aromatic heterocycles. The fraction of sp³-hybridized carbons (Fsp3) is 0.462. The van der Waals surface area contributed by atoms with Crippen molar-refractivity contribution >= 4 is 23.6 Å². The van der Waals surface area contributed by atoms with Gasteiger partial charge in [-0.05, 0) is 70.2 Å². The summed E-state index contributed by atoms with van der Waals surface area (Å²) >= 11 is 0. The molecule has 0 heterocycles. The maximum absolute atomic E-state index is 14.8. The van der Waals surface area contributed by atoms with Crippen LogP contribution in [0.2, 0.25) is 0 Å². The number of para-hydroxylation sites is 1. The van der Waals surface area contributed by atoms with Crippen LogP contribution in [0, 0.1) is 20.8 Å². The molecule has 3 aromatic rings. The molecule has 2 unspecified atom stereocenters. The molecule has 0 fully saturated rings. The van der Waals surface area contributed by atoms with Gasteiger partial charge < -0.3 is 20.3 Å². The fourth-order valence-corrected chi connectivity index (χ4v) is 5.65. The van der Waals surface area contributed by atoms with Gasteiger partial charge in [0.2, 0.25) is 5.91 Å². The Balaban J connectivity index is 2.07. The smallest absolute Gasteiger partial charge is 0.408 e. The molecule has 3 amide bonds. The van der Waals surface area contributed by atoms with E-state index < -0.39 is 23.8 Å². The van der Waals surface area contributed by atoms with Gasteiger partial charge in [0.15, 0.2) is 0 Å². The van der Waals surface area contributed by atoms with E-state index in [1.165, 1.54) is 6.42 Å². The number of carbonyl (C=O) groups is 3. The number of benzene rings is 3. The number of hydrogen-bond acceptors (Lipinski definition) is 4. The van der Waals surface area contributed by atoms with E-state index in [9.17, 15) is 14.4 Å². The van der Waals surface area contributed by atoms with Crippen molar-refractivity contribution in [1.82, 2.24) is 10.2 Å². The Bertz CT molecular complexity index is 1410. The standard InChI is InChI=1S/C39H53N3O4/c1-8-9-10-11-12-16-25-42(37(44)33(27-31-22-14-13-15-23-31)40-38(45)46-39(5,6)7)35(32-24-17-19-28(2)26-32)36(43)41-34-29(3)20-18-21-30(34)4/h13-15,17-24,26,33,35H,8-12,16,25,27H2,1-7H3,(H,40,45)(H,41,43). The lowest BCUT2D eigenvalue weighted by molar-refractivity contribution is -0.140. The minimum atomic E-state index is -0.947. The van der Waals surface area contributed by atoms with Gasteiger partial charge in [0.1, 0.15) is 17.7 Å². The SMILES string of the molecule is CCCCCCCCN(C(=O)C(Cc1ccccc1)NC(=O)OC(C)(C)C)C(C(=O)Nc1c(C)cccc1C)c1cccc(C)c1. The predicted molar refractivity (Wildman–Crippen MR) is 187 cm³/mol. The van der Waals surface area contributed by atoms with Crippen molar-refractivity contribution in [2.24, 2.45) is 0 Å². The molecule has 248 valence electrons. The van der Waals surface area contributed by atoms with Gasteiger partial charge in [-0.2, -0.15) is 0 Å². The summed E-state index contributed by atoms with van der Waals surface area (Å²) in [6.45, 7) is 13.8. The van der Waals surface area contributed by atoms with E-state index in [0.29, 0.717) is 6.54 Å². The summed E-state index contributed by atoms with van der Waals surface area (Å²) in [5, 5.41) is 6.03. The van der Waals surface area contributed by atoms with Crippen LogP contribution in [0.4, 0.5) is 10.5 Å². The van der Waals surface area contributed by atoms with Crippen LogP contribution in [0.3, 0.4) is 0 Å². The Labute approximate surface area is 276 Å². The Morgan fingerprint density at radius 2 is 1.43 bits per heavy atom. The zero-order chi connectivity index (χ0) is 33.7. The third-order valence-corrected chi connectivity index (χ3v) is 7.95. The van der Waals surface area contributed by atoms with Crippen LogP contribution in [0.25, 0.3) is 0 Å². The van der Waals surface area contributed by atoms with Crippen LogP contribution in [-0.4, -0.2) is 41.0 Å². The fourth-order valence-electron chi connectivity index (χ4n) is 5.65. The molecular formula is C39H53N3O4. The van der Waals surface area contributed by atoms with Crippen molar-refractivity contribution in [3.05, 3.63) is 101 Å². The summed E-state index contributed by atoms with van der Waals surface area (Å²) in [4.78, 5) is 44.0. The maximum Gasteiger partial charge on any atom is 0.408 e. The maximum atomic E-state index is 14.8. The number of nitrogens with one attached hydrogen (secondary N) is 2. The van der Waals surface area contributed by atoms with E-state index in [0.717, 1.165) is 65.6 Å². The first kappa shape index (κ1) is 36.3. The predicted octanol–water partition coefficient (Wildman–Crippen LogP) is 8.62. The van der Waals surface area contributed by atoms with Crippen LogP contribution < -0.4 is 10.6 Å². The minimum Gasteiger partial charge on any atom is -0.444 e. The number of nitrogens with zero attached hydrogens (tertiary/aromatic N) is 1. The first-order valence-electron chi connectivity index (χ1n) is 16.7. The second kappa shape index (κ2) is 17.5. The number of aryl methyl sites for hydroxylation is 3. The molecule has 7 nitrogen and oxygen atoms in total. The normalized spacial score (nSPS) is 12.6. The van der Waals surface area contributed by atoms with Crippen molar-refractivity contribution in [2.75, 3.05) is 11.9 Å². The van der Waals surface area contributed by atoms with Crippen LogP contribution in [0.15, 0.2) is 72.8 Å². The summed E-state index contributed by atoms with van der Waals surface area (Å²) in [7, 11) is 0. The third-order valence-electron chi connectivity index (χ3n) is 7.95. The van der Waals surface area contributed by atoms with Crippen molar-refractivity contribution in [2.45, 2.75) is 111 Å². The molecule has 46 heavy (non-hydrogen) atoms. The highest BCUT2D eigenvalue weighted by atomic mass is 16.6. The molecule has 0 bridgehead atoms. The Hall–Kier alpha value is -4.13. The quantitative estimate of drug-likeness (QED) is 0.165. The third kappa shape index (κ3) is 11.3. The molecule has 0 saturated carbocycles. The van der Waals surface area contributed by atoms with E-state index >= 15 is 0 Å². The van der Waals surface area contributed by atoms with E-state index in [1.807, 2.05) is 93.6 Å². The van der Waals surface area contributed by atoms with Gasteiger partial charge in [-0.25, -0.2) is 4.79 Å². The summed E-state index contributed by atoms with van der Waals surface area (Å²) in [6.07, 6.45) is 5.77. The second-order valence-corrected chi connectivity index (χ2v) is 13.3. The van der Waals surface area contributed by atoms with Crippen LogP contribution in [-0.2, 0) is 20.7 Å². The average Bonchev–Trinajstić information content (AvgIpc) is 2.99. The number of anilines is 1. The lowest BCUT2D eigenvalue weighted by atomic mass is 9.98. The van der Waals surface area contributed by atoms with Gasteiger partial charge in [0.25, 0.3) is 5.91 Å². The molecule has 0 aliphatic rings. The molecule has 0 saturated heterocycles. The van der Waals surface area contributed by atoms with Gasteiger partial charge in [-0.3, -0.25) is 9.59 Å². The van der Waals surface area contributed by atoms with Crippen molar-refractivity contribution < 1.29 is 19.1 Å². The lowest BCUT2D eigenvalue weighted by Gasteiger charge is -2.35. The van der Waals surface area contributed by atoms with Gasteiger partial charge in [-0.1, -0.05) is 117 Å². The zero-order valence-electron chi connectivity index (χ0n) is 28.8. The van der Waals surface area contributed by atoms with Crippen molar-refractivity contribution in [3.8, 4) is 0 Å². The molecule has 0 radical (unpaired) electrons. The van der Waals surface area contributed by atoms with Crippen LogP contribution in [0.5, 0.6) is 0 Å². The number of rotatable bonds is 15. The molecular weight excluding hydrogens is 574 g/mol. The van der Waals surface area contributed by atoms with Gasteiger partial charge in [0, 0.05) is 18.7 Å². The minimum absolute atomic E-state index is 0.255. The average molecular weight is 628 g/mol. The highest BCUT2D eigenvalue weighted by molar-refractivity contribution is 6.00. The van der Waals surface area contributed by atoms with Crippen LogP contribution >= 0.6 is 0 Å². The number of carbonyl (C=O) groups excluding carboxylic acids is 3. The first-order chi connectivity index (χ1) is 21.9. The molecule has 0 aliphatic heterocycles. The Kier molecular flexibility index (Phi) is 13.9. The van der Waals surface area contributed by atoms with Gasteiger partial charge >= 0.3 is 6.09 Å². The molecule has 2 atom stereocenters. The van der Waals surface area contributed by atoms with Gasteiger partial charge in [-0.15, -0.1) is 0 Å². The topological polar surface area (TPSA) is 87.7 Å². The molecule has 0 aliphatic carbocycles. The zero-order valence-corrected chi connectivity index (χ0v) is 28.8. The lowest BCUT2D eigenvalue weighted by Crippen LogP contribution is -2.53. The van der Waals surface area contributed by atoms with Crippen molar-refractivity contribution in [1.29, 1.82) is 0 Å². The highest BCUT2D eigenvalue weighted by Gasteiger charge is 2.36. The monoisotopic (exact) mass is 627 g/mol. The molecule has 7 heteroatoms. The van der Waals surface area contributed by atoms with E-state index in [1.54, 1.807) is 25.7 Å². The van der Waals surface area contributed by atoms with E-state index in [-0.39, 0.29) is 18.2 Å². The molecule has 3 rings (SSSR count). The number of hydrogen-bond donors (Lipinski definition) is 2. The largest absolute Gasteiger partial charge is 0.444 e. The first-order valence-corrected chi connectivity index (χ1v) is 16.7. The summed E-state index contributed by atoms with van der Waals surface area (Å²) in [6, 6.07) is 21.4. The molecule has 2 N–H and O–H groups in total. The summed E-state index contributed by atoms with van der Waals surface area (Å²) in [5.74, 6) is -0.621. The van der Waals surface area contributed by atoms with Gasteiger partial charge in [0.05, 0.1) is 0 Å². The highest BCUT2D eigenvalue weighted by Crippen LogP contribution is 2.28. The summed E-state index contributed by atoms with van der Waals surface area (Å²) in [5.41, 5.74) is 4.49. The number of ether oxygens (including phenoxy) is 1. The molecule has 3 aromatic carbocycles. The van der Waals surface area contributed by atoms with E-state index in [2.05, 4.69) is 17.6 Å². The second-order valence-electron chi connectivity index (χ2n) is 13.3. The number of amides is 3. The Morgan fingerprint density at radius 3 is 2.07 bits per heavy atom. The summed E-state index contributed by atoms with van der Waals surface area (Å²) < 4.78 is 5.59. The Morgan fingerprint density at radius 1 is 0.804 bits per heavy atom. The van der Waals surface area contributed by atoms with Crippen LogP contribution in [0.1, 0.15) is 100 Å².